The molecule has 52 heavy (non-hydrogen) atoms. The number of carbonyl (C=O) groups excluding carboxylic acids is 2. The number of alkyl halides is 3. The summed E-state index contributed by atoms with van der Waals surface area (Å²) in [7, 11) is 0. The van der Waals surface area contributed by atoms with E-state index in [1.807, 2.05) is 36.4 Å². The summed E-state index contributed by atoms with van der Waals surface area (Å²) < 4.78 is 68.5. The number of halogens is 3. The second kappa shape index (κ2) is 21.6. The lowest BCUT2D eigenvalue weighted by Crippen LogP contribution is -2.50. The quantitative estimate of drug-likeness (QED) is 0.0614. The van der Waals surface area contributed by atoms with Gasteiger partial charge in [-0.15, -0.1) is 0 Å². The molecule has 3 atom stereocenters. The normalized spacial score (nSPS) is 17.4. The molecule has 3 aromatic carbocycles. The first-order valence-corrected chi connectivity index (χ1v) is 18.9. The molecule has 0 spiro atoms. The Morgan fingerprint density at radius 3 is 1.75 bits per heavy atom. The van der Waals surface area contributed by atoms with E-state index in [0.717, 1.165) is 42.6 Å². The molecule has 0 amide bonds. The van der Waals surface area contributed by atoms with Crippen molar-refractivity contribution in [3.05, 3.63) is 83.9 Å². The molecular weight excluding hydrogens is 673 g/mol. The van der Waals surface area contributed by atoms with Crippen molar-refractivity contribution in [2.75, 3.05) is 13.2 Å². The molecule has 7 nitrogen and oxygen atoms in total. The van der Waals surface area contributed by atoms with Gasteiger partial charge in [-0.3, -0.25) is 0 Å². The average molecular weight is 727 g/mol. The van der Waals surface area contributed by atoms with Crippen molar-refractivity contribution in [3.63, 3.8) is 0 Å². The van der Waals surface area contributed by atoms with Crippen LogP contribution >= 0.6 is 0 Å². The molecule has 4 rings (SSSR count). The minimum Gasteiger partial charge on any atom is -0.494 e. The van der Waals surface area contributed by atoms with E-state index in [4.69, 9.17) is 23.7 Å². The Morgan fingerprint density at radius 2 is 1.13 bits per heavy atom. The summed E-state index contributed by atoms with van der Waals surface area (Å²) in [5, 5.41) is 0. The summed E-state index contributed by atoms with van der Waals surface area (Å²) in [5.74, 6) is -0.405. The molecule has 1 heterocycles. The van der Waals surface area contributed by atoms with Gasteiger partial charge < -0.3 is 23.7 Å². The maximum Gasteiger partial charge on any atom is 0.417 e. The molecule has 0 unspecified atom stereocenters. The van der Waals surface area contributed by atoms with Gasteiger partial charge in [0.1, 0.15) is 11.5 Å². The third kappa shape index (κ3) is 13.6. The SMILES string of the molecule is CCCCCCCCCCOc1ccc(-c2ccc(C(=O)Oc3ccc(C(=O)O[C@@H]4CC[C@@H](OCCCCCC)[C@H](C(F)(F)F)O4)cc3)cc2)cc1. The number of hydrogen-bond donors (Lipinski definition) is 0. The molecule has 0 radical (unpaired) electrons. The fraction of sp³-hybridized carbons (Fsp3) is 0.524. The van der Waals surface area contributed by atoms with E-state index >= 15 is 0 Å². The second-order valence-electron chi connectivity index (χ2n) is 13.3. The van der Waals surface area contributed by atoms with Crippen molar-refractivity contribution in [3.8, 4) is 22.6 Å². The van der Waals surface area contributed by atoms with Gasteiger partial charge in [0.25, 0.3) is 0 Å². The molecule has 0 bridgehead atoms. The molecule has 1 saturated heterocycles. The zero-order chi connectivity index (χ0) is 37.2. The van der Waals surface area contributed by atoms with Gasteiger partial charge in [0.05, 0.1) is 23.8 Å². The molecule has 0 aliphatic carbocycles. The van der Waals surface area contributed by atoms with E-state index in [1.54, 1.807) is 12.1 Å². The van der Waals surface area contributed by atoms with Gasteiger partial charge in [0.2, 0.25) is 6.29 Å². The van der Waals surface area contributed by atoms with Crippen LogP contribution in [0, 0.1) is 0 Å². The Hall–Kier alpha value is -3.89. The van der Waals surface area contributed by atoms with Crippen LogP contribution in [-0.2, 0) is 14.2 Å². The summed E-state index contributed by atoms with van der Waals surface area (Å²) in [5.41, 5.74) is 2.34. The standard InChI is InChI=1S/C42H53F3O7/c1-3-5-7-9-10-11-12-14-29-48-35-23-19-32(20-24-35)31-15-17-33(18-16-31)40(46)50-36-25-21-34(22-26-36)41(47)52-38-28-27-37(39(51-38)42(43,44)45)49-30-13-8-6-4-2/h15-26,37-39H,3-14,27-30H2,1-2H3/t37-,38-,39-/m1/s1. The lowest BCUT2D eigenvalue weighted by Gasteiger charge is -2.36. The first-order valence-electron chi connectivity index (χ1n) is 18.9. The third-order valence-corrected chi connectivity index (χ3v) is 9.09. The van der Waals surface area contributed by atoms with Crippen LogP contribution in [0.25, 0.3) is 11.1 Å². The van der Waals surface area contributed by atoms with Crippen molar-refractivity contribution in [1.29, 1.82) is 0 Å². The second-order valence-corrected chi connectivity index (χ2v) is 13.3. The Labute approximate surface area is 306 Å². The molecule has 284 valence electrons. The fourth-order valence-corrected chi connectivity index (χ4v) is 6.06. The Kier molecular flexibility index (Phi) is 17.0. The third-order valence-electron chi connectivity index (χ3n) is 9.09. The lowest BCUT2D eigenvalue weighted by atomic mass is 10.0. The van der Waals surface area contributed by atoms with Crippen molar-refractivity contribution in [1.82, 2.24) is 0 Å². The van der Waals surface area contributed by atoms with Crippen molar-refractivity contribution in [2.24, 2.45) is 0 Å². The Morgan fingerprint density at radius 1 is 0.635 bits per heavy atom. The summed E-state index contributed by atoms with van der Waals surface area (Å²) in [6.45, 7) is 5.21. The van der Waals surface area contributed by atoms with Crippen LogP contribution in [-0.4, -0.2) is 49.8 Å². The molecule has 3 aromatic rings. The van der Waals surface area contributed by atoms with Crippen LogP contribution in [0.5, 0.6) is 11.5 Å². The minimum atomic E-state index is -4.67. The van der Waals surface area contributed by atoms with Gasteiger partial charge in [-0.25, -0.2) is 9.59 Å². The van der Waals surface area contributed by atoms with E-state index in [0.29, 0.717) is 18.6 Å². The number of hydrogen-bond acceptors (Lipinski definition) is 7. The topological polar surface area (TPSA) is 80.3 Å². The number of esters is 2. The van der Waals surface area contributed by atoms with Crippen LogP contribution < -0.4 is 9.47 Å². The molecule has 1 fully saturated rings. The summed E-state index contributed by atoms with van der Waals surface area (Å²) in [6.07, 6.45) is 4.36. The predicted octanol–water partition coefficient (Wildman–Crippen LogP) is 11.3. The highest BCUT2D eigenvalue weighted by Crippen LogP contribution is 2.35. The highest BCUT2D eigenvalue weighted by atomic mass is 19.4. The molecule has 10 heteroatoms. The summed E-state index contributed by atoms with van der Waals surface area (Å²) >= 11 is 0. The van der Waals surface area contributed by atoms with Gasteiger partial charge in [-0.1, -0.05) is 102 Å². The molecule has 1 aliphatic heterocycles. The Bertz CT molecular complexity index is 1470. The minimum absolute atomic E-state index is 0.0481. The smallest absolute Gasteiger partial charge is 0.417 e. The maximum absolute atomic E-state index is 13.7. The molecule has 0 aromatic heterocycles. The van der Waals surface area contributed by atoms with E-state index in [9.17, 15) is 22.8 Å². The number of benzene rings is 3. The number of carbonyl (C=O) groups is 2. The van der Waals surface area contributed by atoms with E-state index in [2.05, 4.69) is 13.8 Å². The van der Waals surface area contributed by atoms with Crippen LogP contribution in [0.1, 0.15) is 124 Å². The number of unbranched alkanes of at least 4 members (excludes halogenated alkanes) is 10. The number of ether oxygens (including phenoxy) is 5. The van der Waals surface area contributed by atoms with Gasteiger partial charge in [-0.2, -0.15) is 13.2 Å². The molecular formula is C42H53F3O7. The lowest BCUT2D eigenvalue weighted by molar-refractivity contribution is -0.307. The van der Waals surface area contributed by atoms with Gasteiger partial charge in [0.15, 0.2) is 6.10 Å². The van der Waals surface area contributed by atoms with Crippen molar-refractivity contribution >= 4 is 11.9 Å². The monoisotopic (exact) mass is 726 g/mol. The first kappa shape index (κ1) is 40.9. The van der Waals surface area contributed by atoms with Crippen LogP contribution in [0.4, 0.5) is 13.2 Å². The molecule has 0 saturated carbocycles. The highest BCUT2D eigenvalue weighted by molar-refractivity contribution is 5.92. The molecule has 1 aliphatic rings. The summed E-state index contributed by atoms with van der Waals surface area (Å²) in [6, 6.07) is 20.5. The van der Waals surface area contributed by atoms with E-state index in [-0.39, 0.29) is 30.8 Å². The van der Waals surface area contributed by atoms with Crippen LogP contribution in [0.2, 0.25) is 0 Å². The van der Waals surface area contributed by atoms with E-state index in [1.165, 1.54) is 69.2 Å². The van der Waals surface area contributed by atoms with Crippen molar-refractivity contribution < 1.29 is 46.4 Å². The van der Waals surface area contributed by atoms with Gasteiger partial charge in [-0.05, 0) is 78.9 Å². The molecule has 0 N–H and O–H groups in total. The predicted molar refractivity (Wildman–Crippen MR) is 195 cm³/mol. The average Bonchev–Trinajstić information content (AvgIpc) is 3.14. The fourth-order valence-electron chi connectivity index (χ4n) is 6.06. The zero-order valence-corrected chi connectivity index (χ0v) is 30.5. The zero-order valence-electron chi connectivity index (χ0n) is 30.5. The first-order chi connectivity index (χ1) is 25.2. The van der Waals surface area contributed by atoms with E-state index < -0.39 is 36.6 Å². The largest absolute Gasteiger partial charge is 0.494 e. The Balaban J connectivity index is 1.20. The number of rotatable bonds is 21. The highest BCUT2D eigenvalue weighted by Gasteiger charge is 2.50. The summed E-state index contributed by atoms with van der Waals surface area (Å²) in [4.78, 5) is 25.5. The van der Waals surface area contributed by atoms with Crippen LogP contribution in [0.15, 0.2) is 72.8 Å². The maximum atomic E-state index is 13.7. The van der Waals surface area contributed by atoms with Crippen LogP contribution in [0.3, 0.4) is 0 Å². The van der Waals surface area contributed by atoms with Gasteiger partial charge >= 0.3 is 18.1 Å². The van der Waals surface area contributed by atoms with Gasteiger partial charge in [0, 0.05) is 13.0 Å². The van der Waals surface area contributed by atoms with Crippen molar-refractivity contribution in [2.45, 2.75) is 128 Å².